The number of hydrogen-bond acceptors (Lipinski definition) is 6. The second-order valence-electron chi connectivity index (χ2n) is 6.39. The fourth-order valence-corrected chi connectivity index (χ4v) is 3.21. The summed E-state index contributed by atoms with van der Waals surface area (Å²) in [6, 6.07) is 10.3. The van der Waals surface area contributed by atoms with E-state index in [1.807, 2.05) is 25.1 Å². The molecule has 6 heteroatoms. The van der Waals surface area contributed by atoms with Crippen LogP contribution in [-0.2, 0) is 9.47 Å². The van der Waals surface area contributed by atoms with E-state index in [-0.39, 0.29) is 12.2 Å². The molecule has 0 amide bonds. The number of hydrogen-bond donors (Lipinski definition) is 1. The summed E-state index contributed by atoms with van der Waals surface area (Å²) in [5.41, 5.74) is 2.22. The quantitative estimate of drug-likeness (QED) is 0.797. The summed E-state index contributed by atoms with van der Waals surface area (Å²) < 4.78 is 11.3. The minimum Gasteiger partial charge on any atom is -0.461 e. The van der Waals surface area contributed by atoms with Crippen LogP contribution in [0.1, 0.15) is 53.9 Å². The highest BCUT2D eigenvalue weighted by Crippen LogP contribution is 2.31. The Balaban J connectivity index is 1.62. The third-order valence-corrected chi connectivity index (χ3v) is 4.57. The number of nitrogens with one attached hydrogen (secondary N) is 1. The van der Waals surface area contributed by atoms with Crippen LogP contribution < -0.4 is 5.32 Å². The van der Waals surface area contributed by atoms with Crippen molar-refractivity contribution in [1.82, 2.24) is 9.97 Å². The van der Waals surface area contributed by atoms with Crippen LogP contribution in [0.25, 0.3) is 0 Å². The van der Waals surface area contributed by atoms with Crippen LogP contribution in [0, 0.1) is 6.92 Å². The van der Waals surface area contributed by atoms with Crippen LogP contribution in [0.4, 0.5) is 5.82 Å². The molecule has 1 saturated heterocycles. The number of carbonyl (C=O) groups is 1. The van der Waals surface area contributed by atoms with Gasteiger partial charge in [0.2, 0.25) is 0 Å². The van der Waals surface area contributed by atoms with Gasteiger partial charge in [0, 0.05) is 12.1 Å². The summed E-state index contributed by atoms with van der Waals surface area (Å²) in [5, 5.41) is 3.31. The van der Waals surface area contributed by atoms with Crippen LogP contribution >= 0.6 is 0 Å². The fraction of sp³-hybridized carbons (Fsp3) is 0.450. The lowest BCUT2D eigenvalue weighted by molar-refractivity contribution is -0.0442. The monoisotopic (exact) mass is 355 g/mol. The molecular weight excluding hydrogens is 330 g/mol. The molecule has 0 aliphatic carbocycles. The Bertz CT molecular complexity index is 736. The van der Waals surface area contributed by atoms with Crippen molar-refractivity contribution >= 4 is 11.8 Å². The minimum atomic E-state index is -0.423. The first kappa shape index (κ1) is 18.3. The maximum absolute atomic E-state index is 12.0. The van der Waals surface area contributed by atoms with Crippen LogP contribution in [0.2, 0.25) is 0 Å². The van der Waals surface area contributed by atoms with Gasteiger partial charge in [0.05, 0.1) is 18.8 Å². The van der Waals surface area contributed by atoms with E-state index in [0.29, 0.717) is 30.2 Å². The molecule has 1 aromatic carbocycles. The number of ether oxygens (including phenoxy) is 2. The van der Waals surface area contributed by atoms with Crippen molar-refractivity contribution in [1.29, 1.82) is 0 Å². The maximum atomic E-state index is 12.0. The maximum Gasteiger partial charge on any atom is 0.357 e. The Hall–Kier alpha value is -2.47. The standard InChI is InChI=1S/C20H25N3O3/c1-3-25-20(24)18-14(2)19(23-13-22-18)21-12-16-10-7-11-17(26-16)15-8-5-4-6-9-15/h4-6,8-9,13,16-17H,3,7,10-12H2,1-2H3,(H,21,22,23). The van der Waals surface area contributed by atoms with E-state index in [4.69, 9.17) is 9.47 Å². The highest BCUT2D eigenvalue weighted by Gasteiger charge is 2.24. The van der Waals surface area contributed by atoms with Gasteiger partial charge in [-0.05, 0) is 38.7 Å². The van der Waals surface area contributed by atoms with Crippen molar-refractivity contribution < 1.29 is 14.3 Å². The van der Waals surface area contributed by atoms with E-state index in [2.05, 4.69) is 27.4 Å². The Morgan fingerprint density at radius 3 is 2.85 bits per heavy atom. The highest BCUT2D eigenvalue weighted by atomic mass is 16.5. The first-order valence-electron chi connectivity index (χ1n) is 9.12. The summed E-state index contributed by atoms with van der Waals surface area (Å²) in [6.45, 7) is 4.56. The number of benzene rings is 1. The predicted molar refractivity (Wildman–Crippen MR) is 99.1 cm³/mol. The van der Waals surface area contributed by atoms with Gasteiger partial charge in [-0.15, -0.1) is 0 Å². The van der Waals surface area contributed by atoms with Crippen molar-refractivity contribution in [3.63, 3.8) is 0 Å². The molecule has 1 fully saturated rings. The van der Waals surface area contributed by atoms with E-state index in [9.17, 15) is 4.79 Å². The molecule has 1 aliphatic heterocycles. The van der Waals surface area contributed by atoms with Crippen molar-refractivity contribution in [2.24, 2.45) is 0 Å². The largest absolute Gasteiger partial charge is 0.461 e. The molecule has 1 N–H and O–H groups in total. The van der Waals surface area contributed by atoms with Crippen molar-refractivity contribution in [2.45, 2.75) is 45.3 Å². The third kappa shape index (κ3) is 4.38. The molecule has 2 aromatic rings. The Kier molecular flexibility index (Phi) is 6.17. The lowest BCUT2D eigenvalue weighted by Gasteiger charge is -2.30. The molecule has 6 nitrogen and oxygen atoms in total. The van der Waals surface area contributed by atoms with Crippen LogP contribution in [0.15, 0.2) is 36.7 Å². The van der Waals surface area contributed by atoms with E-state index in [1.54, 1.807) is 6.92 Å². The first-order valence-corrected chi connectivity index (χ1v) is 9.12. The van der Waals surface area contributed by atoms with Crippen molar-refractivity contribution in [3.05, 3.63) is 53.5 Å². The molecule has 138 valence electrons. The highest BCUT2D eigenvalue weighted by molar-refractivity contribution is 5.90. The van der Waals surface area contributed by atoms with Gasteiger partial charge in [0.25, 0.3) is 0 Å². The van der Waals surface area contributed by atoms with Crippen LogP contribution in [-0.4, -0.2) is 35.2 Å². The molecule has 0 bridgehead atoms. The van der Waals surface area contributed by atoms with Gasteiger partial charge in [0.1, 0.15) is 12.1 Å². The van der Waals surface area contributed by atoms with Gasteiger partial charge in [-0.1, -0.05) is 30.3 Å². The summed E-state index contributed by atoms with van der Waals surface area (Å²) >= 11 is 0. The van der Waals surface area contributed by atoms with Gasteiger partial charge in [-0.2, -0.15) is 0 Å². The molecule has 0 radical (unpaired) electrons. The molecule has 1 aliphatic rings. The molecule has 0 saturated carbocycles. The Morgan fingerprint density at radius 1 is 1.27 bits per heavy atom. The number of anilines is 1. The van der Waals surface area contributed by atoms with Gasteiger partial charge < -0.3 is 14.8 Å². The average molecular weight is 355 g/mol. The van der Waals surface area contributed by atoms with Crippen LogP contribution in [0.3, 0.4) is 0 Å². The number of carbonyl (C=O) groups excluding carboxylic acids is 1. The molecule has 3 rings (SSSR count). The van der Waals surface area contributed by atoms with Gasteiger partial charge in [0.15, 0.2) is 5.69 Å². The molecule has 2 heterocycles. The second kappa shape index (κ2) is 8.76. The SMILES string of the molecule is CCOC(=O)c1ncnc(NCC2CCCC(c3ccccc3)O2)c1C. The molecule has 26 heavy (non-hydrogen) atoms. The zero-order chi connectivity index (χ0) is 18.4. The zero-order valence-corrected chi connectivity index (χ0v) is 15.3. The van der Waals surface area contributed by atoms with Crippen LogP contribution in [0.5, 0.6) is 0 Å². The van der Waals surface area contributed by atoms with Gasteiger partial charge >= 0.3 is 5.97 Å². The summed E-state index contributed by atoms with van der Waals surface area (Å²) in [5.74, 6) is 0.224. The lowest BCUT2D eigenvalue weighted by Crippen LogP contribution is -2.29. The summed E-state index contributed by atoms with van der Waals surface area (Å²) in [4.78, 5) is 20.3. The smallest absolute Gasteiger partial charge is 0.357 e. The normalized spacial score (nSPS) is 19.8. The third-order valence-electron chi connectivity index (χ3n) is 4.57. The molecule has 2 atom stereocenters. The van der Waals surface area contributed by atoms with E-state index < -0.39 is 5.97 Å². The molecule has 1 aromatic heterocycles. The number of rotatable bonds is 6. The zero-order valence-electron chi connectivity index (χ0n) is 15.3. The molecule has 2 unspecified atom stereocenters. The number of aromatic nitrogens is 2. The number of nitrogens with zero attached hydrogens (tertiary/aromatic N) is 2. The molecule has 0 spiro atoms. The van der Waals surface area contributed by atoms with Crippen molar-refractivity contribution in [3.8, 4) is 0 Å². The lowest BCUT2D eigenvalue weighted by atomic mass is 9.98. The Labute approximate surface area is 154 Å². The second-order valence-corrected chi connectivity index (χ2v) is 6.39. The van der Waals surface area contributed by atoms with Gasteiger partial charge in [-0.25, -0.2) is 14.8 Å². The molecular formula is C20H25N3O3. The first-order chi connectivity index (χ1) is 12.7. The van der Waals surface area contributed by atoms with Crippen molar-refractivity contribution in [2.75, 3.05) is 18.5 Å². The van der Waals surface area contributed by atoms with E-state index in [0.717, 1.165) is 19.3 Å². The fourth-order valence-electron chi connectivity index (χ4n) is 3.21. The average Bonchev–Trinajstić information content (AvgIpc) is 2.68. The topological polar surface area (TPSA) is 73.3 Å². The summed E-state index contributed by atoms with van der Waals surface area (Å²) in [7, 11) is 0. The Morgan fingerprint density at radius 2 is 2.08 bits per heavy atom. The predicted octanol–water partition coefficient (Wildman–Crippen LogP) is 3.68. The van der Waals surface area contributed by atoms with E-state index in [1.165, 1.54) is 11.9 Å². The summed E-state index contributed by atoms with van der Waals surface area (Å²) in [6.07, 6.45) is 4.80. The minimum absolute atomic E-state index is 0.106. The van der Waals surface area contributed by atoms with Gasteiger partial charge in [-0.3, -0.25) is 0 Å². The van der Waals surface area contributed by atoms with E-state index >= 15 is 0 Å². The number of esters is 1.